The first kappa shape index (κ1) is 16.0. The van der Waals surface area contributed by atoms with Crippen molar-refractivity contribution >= 4 is 11.8 Å². The molecule has 0 fully saturated rings. The summed E-state index contributed by atoms with van der Waals surface area (Å²) in [7, 11) is 0. The van der Waals surface area contributed by atoms with Crippen molar-refractivity contribution in [2.45, 2.75) is 6.18 Å². The molecule has 3 rings (SSSR count). The van der Waals surface area contributed by atoms with Crippen LogP contribution in [0, 0.1) is 17.1 Å². The van der Waals surface area contributed by atoms with E-state index in [4.69, 9.17) is 17.0 Å². The van der Waals surface area contributed by atoms with Gasteiger partial charge in [0.05, 0.1) is 17.0 Å². The molecule has 5 nitrogen and oxygen atoms in total. The van der Waals surface area contributed by atoms with Crippen LogP contribution < -0.4 is 0 Å². The zero-order valence-electron chi connectivity index (χ0n) is 11.6. The maximum atomic E-state index is 13.6. The van der Waals surface area contributed by atoms with E-state index in [1.807, 2.05) is 0 Å². The number of hydrogen-bond donors (Lipinski definition) is 1. The lowest BCUT2D eigenvalue weighted by atomic mass is 10.1. The lowest BCUT2D eigenvalue weighted by Crippen LogP contribution is -2.06. The second-order valence-corrected chi connectivity index (χ2v) is 5.08. The van der Waals surface area contributed by atoms with Gasteiger partial charge in [-0.25, -0.2) is 4.39 Å². The third kappa shape index (κ3) is 2.72. The highest BCUT2D eigenvalue weighted by molar-refractivity contribution is 6.19. The van der Waals surface area contributed by atoms with E-state index in [1.165, 1.54) is 12.1 Å². The molecule has 0 aliphatic carbocycles. The number of H-pyrrole nitrogens is 1. The van der Waals surface area contributed by atoms with E-state index in [0.29, 0.717) is 6.07 Å². The molecule has 0 amide bonds. The largest absolute Gasteiger partial charge is 0.416 e. The van der Waals surface area contributed by atoms with E-state index >= 15 is 0 Å². The van der Waals surface area contributed by atoms with E-state index in [1.54, 1.807) is 6.07 Å². The van der Waals surface area contributed by atoms with Gasteiger partial charge in [0.15, 0.2) is 5.69 Å². The van der Waals surface area contributed by atoms with Crippen LogP contribution in [0.25, 0.3) is 22.6 Å². The maximum absolute atomic E-state index is 13.6. The van der Waals surface area contributed by atoms with E-state index in [2.05, 4.69) is 15.4 Å². The molecule has 0 aliphatic heterocycles. The predicted molar refractivity (Wildman–Crippen MR) is 76.2 cm³/mol. The van der Waals surface area contributed by atoms with Gasteiger partial charge in [0, 0.05) is 17.3 Å². The van der Waals surface area contributed by atoms with Crippen LogP contribution in [0.15, 0.2) is 30.3 Å². The Bertz CT molecular complexity index is 951. The Labute approximate surface area is 137 Å². The second kappa shape index (κ2) is 5.65. The monoisotopic (exact) mass is 355 g/mol. The summed E-state index contributed by atoms with van der Waals surface area (Å²) in [5, 5.41) is 18.6. The van der Waals surface area contributed by atoms with E-state index in [-0.39, 0.29) is 28.3 Å². The molecule has 2 aromatic heterocycles. The molecule has 0 saturated carbocycles. The smallest absolute Gasteiger partial charge is 0.251 e. The van der Waals surface area contributed by atoms with Gasteiger partial charge in [-0.2, -0.15) is 28.7 Å². The van der Waals surface area contributed by atoms with Crippen LogP contribution in [-0.4, -0.2) is 19.5 Å². The van der Waals surface area contributed by atoms with Crippen molar-refractivity contribution < 1.29 is 17.6 Å². The summed E-state index contributed by atoms with van der Waals surface area (Å²) in [6.45, 7) is 0. The van der Waals surface area contributed by atoms with Crippen LogP contribution in [0.5, 0.6) is 0 Å². The Morgan fingerprint density at radius 1 is 1.12 bits per heavy atom. The van der Waals surface area contributed by atoms with Gasteiger partial charge < -0.3 is 0 Å². The summed E-state index contributed by atoms with van der Waals surface area (Å²) in [5.41, 5.74) is -0.747. The highest BCUT2D eigenvalue weighted by Gasteiger charge is 2.31. The number of aromatic amines is 1. The zero-order valence-corrected chi connectivity index (χ0v) is 12.3. The van der Waals surface area contributed by atoms with Crippen LogP contribution in [0.1, 0.15) is 11.3 Å². The van der Waals surface area contributed by atoms with Gasteiger partial charge in [-0.3, -0.25) is 4.09 Å². The predicted octanol–water partition coefficient (Wildman–Crippen LogP) is 3.97. The normalized spacial score (nSPS) is 11.5. The lowest BCUT2D eigenvalue weighted by Gasteiger charge is -2.10. The summed E-state index contributed by atoms with van der Waals surface area (Å²) < 4.78 is 53.0. The van der Waals surface area contributed by atoms with Crippen molar-refractivity contribution in [3.63, 3.8) is 0 Å². The second-order valence-electron chi connectivity index (χ2n) is 4.74. The van der Waals surface area contributed by atoms with Crippen LogP contribution in [0.2, 0.25) is 0 Å². The Morgan fingerprint density at radius 3 is 2.50 bits per heavy atom. The first-order chi connectivity index (χ1) is 11.3. The fraction of sp³-hybridized carbons (Fsp3) is 0.0714. The van der Waals surface area contributed by atoms with Crippen LogP contribution in [0.3, 0.4) is 0 Å². The number of nitrogens with zero attached hydrogens (tertiary/aromatic N) is 4. The van der Waals surface area contributed by atoms with E-state index in [9.17, 15) is 17.6 Å². The first-order valence-electron chi connectivity index (χ1n) is 6.38. The highest BCUT2D eigenvalue weighted by Crippen LogP contribution is 2.35. The van der Waals surface area contributed by atoms with Crippen molar-refractivity contribution in [3.8, 4) is 28.7 Å². The van der Waals surface area contributed by atoms with Crippen LogP contribution in [-0.2, 0) is 6.18 Å². The molecule has 0 spiro atoms. The quantitative estimate of drug-likeness (QED) is 0.707. The van der Waals surface area contributed by atoms with Crippen molar-refractivity contribution in [3.05, 3.63) is 47.4 Å². The number of aromatic nitrogens is 4. The summed E-state index contributed by atoms with van der Waals surface area (Å²) in [4.78, 5) is 0. The highest BCUT2D eigenvalue weighted by atomic mass is 35.5. The Morgan fingerprint density at radius 2 is 1.83 bits per heavy atom. The van der Waals surface area contributed by atoms with Gasteiger partial charge in [-0.1, -0.05) is 0 Å². The fourth-order valence-electron chi connectivity index (χ4n) is 2.19. The molecule has 0 radical (unpaired) electrons. The summed E-state index contributed by atoms with van der Waals surface area (Å²) in [5.74, 6) is -1.04. The van der Waals surface area contributed by atoms with Crippen molar-refractivity contribution in [1.82, 2.24) is 19.5 Å². The molecule has 122 valence electrons. The van der Waals surface area contributed by atoms with Crippen LogP contribution in [0.4, 0.5) is 17.6 Å². The lowest BCUT2D eigenvalue weighted by molar-refractivity contribution is -0.137. The third-order valence-corrected chi connectivity index (χ3v) is 3.60. The average Bonchev–Trinajstić information content (AvgIpc) is 3.11. The van der Waals surface area contributed by atoms with Crippen LogP contribution >= 0.6 is 11.8 Å². The van der Waals surface area contributed by atoms with Gasteiger partial charge in [0.1, 0.15) is 17.6 Å². The van der Waals surface area contributed by atoms with E-state index in [0.717, 1.165) is 16.2 Å². The molecule has 24 heavy (non-hydrogen) atoms. The van der Waals surface area contributed by atoms with Crippen molar-refractivity contribution in [1.29, 1.82) is 5.26 Å². The molecule has 10 heteroatoms. The first-order valence-corrected chi connectivity index (χ1v) is 6.72. The third-order valence-electron chi connectivity index (χ3n) is 3.24. The molecule has 0 atom stereocenters. The number of alkyl halides is 3. The molecule has 0 aliphatic rings. The molecule has 0 bridgehead atoms. The minimum absolute atomic E-state index is 0.0308. The van der Waals surface area contributed by atoms with Crippen molar-refractivity contribution in [2.24, 2.45) is 0 Å². The van der Waals surface area contributed by atoms with Gasteiger partial charge in [-0.05, 0) is 30.3 Å². The molecular weight excluding hydrogens is 350 g/mol. The van der Waals surface area contributed by atoms with Gasteiger partial charge in [0.2, 0.25) is 0 Å². The molecule has 1 N–H and O–H groups in total. The molecule has 0 saturated heterocycles. The Kier molecular flexibility index (Phi) is 3.77. The fourth-order valence-corrected chi connectivity index (χ4v) is 2.48. The van der Waals surface area contributed by atoms with Gasteiger partial charge in [-0.15, -0.1) is 5.10 Å². The number of rotatable bonds is 2. The Balaban J connectivity index is 2.13. The summed E-state index contributed by atoms with van der Waals surface area (Å²) >= 11 is 6.12. The maximum Gasteiger partial charge on any atom is 0.416 e. The molecule has 2 heterocycles. The van der Waals surface area contributed by atoms with Gasteiger partial charge in [0.25, 0.3) is 0 Å². The standard InChI is InChI=1S/C14H6ClF4N5/c15-24-11(1-2-12(24)13-10(6-20)21-23-22-13)7-3-8(14(17,18)19)5-9(16)4-7/h1-5H,(H,21,22,23). The number of hydrogen-bond acceptors (Lipinski definition) is 3. The molecular formula is C14H6ClF4N5. The zero-order chi connectivity index (χ0) is 17.5. The number of nitrogens with one attached hydrogen (secondary N) is 1. The van der Waals surface area contributed by atoms with E-state index < -0.39 is 17.6 Å². The topological polar surface area (TPSA) is 70.3 Å². The minimum atomic E-state index is -4.69. The number of halogens is 5. The molecule has 1 aromatic carbocycles. The summed E-state index contributed by atoms with van der Waals surface area (Å²) in [6.07, 6.45) is -4.69. The average molecular weight is 356 g/mol. The van der Waals surface area contributed by atoms with Crippen molar-refractivity contribution in [2.75, 3.05) is 0 Å². The molecule has 3 aromatic rings. The SMILES string of the molecule is N#Cc1n[nH]nc1-c1ccc(-c2cc(F)cc(C(F)(F)F)c2)n1Cl. The number of nitriles is 1. The number of benzene rings is 1. The minimum Gasteiger partial charge on any atom is -0.251 e. The van der Waals surface area contributed by atoms with Gasteiger partial charge >= 0.3 is 6.18 Å². The molecule has 0 unspecified atom stereocenters. The summed E-state index contributed by atoms with van der Waals surface area (Å²) in [6, 6.07) is 6.76. The Hall–Kier alpha value is -2.86.